The van der Waals surface area contributed by atoms with E-state index in [1.807, 2.05) is 0 Å². The summed E-state index contributed by atoms with van der Waals surface area (Å²) < 4.78 is 1.66. The van der Waals surface area contributed by atoms with Crippen LogP contribution in [0.15, 0.2) is 22.6 Å². The lowest BCUT2D eigenvalue weighted by Crippen LogP contribution is -2.44. The van der Waals surface area contributed by atoms with Crippen molar-refractivity contribution in [3.8, 4) is 0 Å². The number of nitrogens with zero attached hydrogens (tertiary/aromatic N) is 2. The highest BCUT2D eigenvalue weighted by atomic mass is 32.1. The first-order chi connectivity index (χ1) is 8.99. The van der Waals surface area contributed by atoms with Gasteiger partial charge < -0.3 is 10.4 Å². The fraction of sp³-hybridized carbons (Fsp3) is 0.273. The lowest BCUT2D eigenvalue weighted by atomic mass is 10.3. The maximum absolute atomic E-state index is 12.1. The highest BCUT2D eigenvalue weighted by Gasteiger charge is 2.20. The monoisotopic (exact) mass is 281 g/mol. The molecule has 100 valence electrons. The Kier molecular flexibility index (Phi) is 3.61. The van der Waals surface area contributed by atoms with Crippen LogP contribution in [-0.4, -0.2) is 32.6 Å². The van der Waals surface area contributed by atoms with Gasteiger partial charge in [0, 0.05) is 6.92 Å². The molecule has 1 unspecified atom stereocenters. The molecule has 0 spiro atoms. The average Bonchev–Trinajstić information content (AvgIpc) is 2.79. The van der Waals surface area contributed by atoms with E-state index in [1.165, 1.54) is 29.2 Å². The number of rotatable bonds is 4. The standard InChI is InChI=1S/C11H11N3O4S/c1-6(15)13-8(11(17)18)4-14-5-12-7-2-3-19-9(7)10(14)16/h2-3,5,8H,4H2,1H3,(H,13,15)(H,17,18). The summed E-state index contributed by atoms with van der Waals surface area (Å²) in [5, 5.41) is 13.0. The number of fused-ring (bicyclic) bond motifs is 1. The van der Waals surface area contributed by atoms with Crippen molar-refractivity contribution in [1.82, 2.24) is 14.9 Å². The number of nitrogens with one attached hydrogen (secondary N) is 1. The van der Waals surface area contributed by atoms with Gasteiger partial charge >= 0.3 is 5.97 Å². The van der Waals surface area contributed by atoms with Crippen LogP contribution < -0.4 is 10.9 Å². The molecule has 2 N–H and O–H groups in total. The Morgan fingerprint density at radius 1 is 1.58 bits per heavy atom. The predicted molar refractivity (Wildman–Crippen MR) is 69.1 cm³/mol. The quantitative estimate of drug-likeness (QED) is 0.824. The zero-order chi connectivity index (χ0) is 14.0. The molecule has 0 aliphatic heterocycles. The van der Waals surface area contributed by atoms with Gasteiger partial charge in [-0.15, -0.1) is 11.3 Å². The van der Waals surface area contributed by atoms with Crippen molar-refractivity contribution >= 4 is 33.4 Å². The van der Waals surface area contributed by atoms with Crippen molar-refractivity contribution in [1.29, 1.82) is 0 Å². The number of carboxylic acid groups (broad SMARTS) is 1. The summed E-state index contributed by atoms with van der Waals surface area (Å²) in [5.41, 5.74) is 0.272. The summed E-state index contributed by atoms with van der Waals surface area (Å²) in [5.74, 6) is -1.67. The third kappa shape index (κ3) is 2.79. The van der Waals surface area contributed by atoms with Crippen molar-refractivity contribution in [2.24, 2.45) is 0 Å². The molecule has 2 aromatic rings. The third-order valence-electron chi connectivity index (χ3n) is 2.49. The van der Waals surface area contributed by atoms with E-state index >= 15 is 0 Å². The molecule has 0 fully saturated rings. The molecule has 0 aromatic carbocycles. The molecule has 2 heterocycles. The Morgan fingerprint density at radius 2 is 2.32 bits per heavy atom. The van der Waals surface area contributed by atoms with E-state index in [0.29, 0.717) is 10.2 Å². The molecule has 8 heteroatoms. The molecule has 0 aliphatic carbocycles. The van der Waals surface area contributed by atoms with Crippen LogP contribution in [0, 0.1) is 0 Å². The average molecular weight is 281 g/mol. The Labute approximate surface area is 111 Å². The summed E-state index contributed by atoms with van der Waals surface area (Å²) >= 11 is 1.25. The Bertz CT molecular complexity index is 691. The van der Waals surface area contributed by atoms with E-state index in [9.17, 15) is 14.4 Å². The van der Waals surface area contributed by atoms with Crippen molar-refractivity contribution in [3.63, 3.8) is 0 Å². The molecule has 0 saturated carbocycles. The van der Waals surface area contributed by atoms with Crippen LogP contribution in [0.4, 0.5) is 0 Å². The number of amides is 1. The Balaban J connectivity index is 2.33. The van der Waals surface area contributed by atoms with Gasteiger partial charge in [-0.05, 0) is 11.4 Å². The highest BCUT2D eigenvalue weighted by molar-refractivity contribution is 7.17. The summed E-state index contributed by atoms with van der Waals surface area (Å²) in [6, 6.07) is 0.559. The zero-order valence-electron chi connectivity index (χ0n) is 9.99. The summed E-state index contributed by atoms with van der Waals surface area (Å²) in [4.78, 5) is 38.1. The van der Waals surface area contributed by atoms with Gasteiger partial charge in [0.25, 0.3) is 5.56 Å². The summed E-state index contributed by atoms with van der Waals surface area (Å²) in [6.45, 7) is 1.06. The molecule has 2 rings (SSSR count). The molecule has 0 aliphatic rings. The minimum Gasteiger partial charge on any atom is -0.480 e. The first-order valence-electron chi connectivity index (χ1n) is 5.41. The highest BCUT2D eigenvalue weighted by Crippen LogP contribution is 2.13. The smallest absolute Gasteiger partial charge is 0.328 e. The third-order valence-corrected chi connectivity index (χ3v) is 3.38. The van der Waals surface area contributed by atoms with Gasteiger partial charge in [-0.3, -0.25) is 14.2 Å². The molecule has 1 amide bonds. The van der Waals surface area contributed by atoms with Gasteiger partial charge in [-0.2, -0.15) is 0 Å². The fourth-order valence-electron chi connectivity index (χ4n) is 1.64. The number of carboxylic acids is 1. The van der Waals surface area contributed by atoms with Gasteiger partial charge in [0.2, 0.25) is 5.91 Å². The molecule has 19 heavy (non-hydrogen) atoms. The second kappa shape index (κ2) is 5.19. The van der Waals surface area contributed by atoms with Crippen LogP contribution in [-0.2, 0) is 16.1 Å². The molecule has 0 bridgehead atoms. The topological polar surface area (TPSA) is 101 Å². The van der Waals surface area contributed by atoms with Crippen LogP contribution in [0.2, 0.25) is 0 Å². The predicted octanol–water partition coefficient (Wildman–Crippen LogP) is 0.0473. The SMILES string of the molecule is CC(=O)NC(Cn1cnc2ccsc2c1=O)C(=O)O. The number of carbonyl (C=O) groups excluding carboxylic acids is 1. The number of carbonyl (C=O) groups is 2. The second-order valence-electron chi connectivity index (χ2n) is 3.93. The van der Waals surface area contributed by atoms with Crippen molar-refractivity contribution in [2.75, 3.05) is 0 Å². The first kappa shape index (κ1) is 13.2. The molecule has 0 radical (unpaired) electrons. The number of hydrogen-bond donors (Lipinski definition) is 2. The Hall–Kier alpha value is -2.22. The molecule has 0 saturated heterocycles. The minimum absolute atomic E-state index is 0.158. The van der Waals surface area contributed by atoms with Gasteiger partial charge in [0.15, 0.2) is 0 Å². The maximum Gasteiger partial charge on any atom is 0.328 e. The van der Waals surface area contributed by atoms with Crippen LogP contribution in [0.1, 0.15) is 6.92 Å². The van der Waals surface area contributed by atoms with Crippen LogP contribution in [0.3, 0.4) is 0 Å². The van der Waals surface area contributed by atoms with Crippen LogP contribution in [0.5, 0.6) is 0 Å². The lowest BCUT2D eigenvalue weighted by Gasteiger charge is -2.14. The van der Waals surface area contributed by atoms with E-state index in [0.717, 1.165) is 0 Å². The number of aliphatic carboxylic acids is 1. The van der Waals surface area contributed by atoms with E-state index in [2.05, 4.69) is 10.3 Å². The van der Waals surface area contributed by atoms with Crippen molar-refractivity contribution in [2.45, 2.75) is 19.5 Å². The largest absolute Gasteiger partial charge is 0.480 e. The van der Waals surface area contributed by atoms with Gasteiger partial charge in [0.05, 0.1) is 18.4 Å². The van der Waals surface area contributed by atoms with Crippen LogP contribution >= 0.6 is 11.3 Å². The van der Waals surface area contributed by atoms with E-state index in [-0.39, 0.29) is 12.1 Å². The van der Waals surface area contributed by atoms with Gasteiger partial charge in [0.1, 0.15) is 10.7 Å². The normalized spacial score (nSPS) is 12.3. The number of aromatic nitrogens is 2. The van der Waals surface area contributed by atoms with E-state index in [4.69, 9.17) is 5.11 Å². The van der Waals surface area contributed by atoms with Crippen molar-refractivity contribution in [3.05, 3.63) is 28.1 Å². The molecule has 2 aromatic heterocycles. The van der Waals surface area contributed by atoms with E-state index < -0.39 is 17.9 Å². The van der Waals surface area contributed by atoms with E-state index in [1.54, 1.807) is 11.4 Å². The molecule has 1 atom stereocenters. The molecular formula is C11H11N3O4S. The number of hydrogen-bond acceptors (Lipinski definition) is 5. The van der Waals surface area contributed by atoms with Crippen LogP contribution in [0.25, 0.3) is 10.2 Å². The lowest BCUT2D eigenvalue weighted by molar-refractivity contribution is -0.141. The zero-order valence-corrected chi connectivity index (χ0v) is 10.8. The van der Waals surface area contributed by atoms with Crippen molar-refractivity contribution < 1.29 is 14.7 Å². The minimum atomic E-state index is -1.20. The second-order valence-corrected chi connectivity index (χ2v) is 4.84. The Morgan fingerprint density at radius 3 is 2.95 bits per heavy atom. The first-order valence-corrected chi connectivity index (χ1v) is 6.29. The summed E-state index contributed by atoms with van der Waals surface area (Å²) in [7, 11) is 0. The summed E-state index contributed by atoms with van der Waals surface area (Å²) in [6.07, 6.45) is 1.29. The fourth-order valence-corrected chi connectivity index (χ4v) is 2.43. The number of thiophene rings is 1. The molecule has 7 nitrogen and oxygen atoms in total. The van der Waals surface area contributed by atoms with Gasteiger partial charge in [-0.25, -0.2) is 9.78 Å². The molecular weight excluding hydrogens is 270 g/mol. The van der Waals surface area contributed by atoms with Gasteiger partial charge in [-0.1, -0.05) is 0 Å². The maximum atomic E-state index is 12.1.